The maximum absolute atomic E-state index is 14.2. The highest BCUT2D eigenvalue weighted by molar-refractivity contribution is 7.89. The van der Waals surface area contributed by atoms with Crippen LogP contribution in [0.1, 0.15) is 38.2 Å². The molecule has 2 rings (SSSR count). The molecule has 1 fully saturated rings. The Bertz CT molecular complexity index is 595. The third kappa shape index (κ3) is 2.67. The molecule has 0 spiro atoms. The minimum Gasteiger partial charge on any atom is -0.399 e. The highest BCUT2D eigenvalue weighted by Gasteiger charge is 2.34. The molecule has 0 heterocycles. The molecule has 1 aromatic rings. The van der Waals surface area contributed by atoms with E-state index in [4.69, 9.17) is 5.73 Å². The Morgan fingerprint density at radius 1 is 1.35 bits per heavy atom. The molecule has 6 heteroatoms. The molecular formula is C14H21FN2O2S. The van der Waals surface area contributed by atoms with Crippen LogP contribution in [-0.4, -0.2) is 25.3 Å². The van der Waals surface area contributed by atoms with E-state index >= 15 is 0 Å². The molecule has 0 radical (unpaired) electrons. The van der Waals surface area contributed by atoms with E-state index in [1.54, 1.807) is 6.92 Å². The highest BCUT2D eigenvalue weighted by atomic mass is 32.2. The summed E-state index contributed by atoms with van der Waals surface area (Å²) in [4.78, 5) is -0.302. The second kappa shape index (κ2) is 5.69. The standard InChI is InChI=1S/C14H21FN2O2S/c1-3-17(12-6-4-5-7-12)20(18,19)13-9-11(16)8-10(2)14(13)15/h8-9,12H,3-7,16H2,1-2H3. The van der Waals surface area contributed by atoms with Crippen molar-refractivity contribution in [2.45, 2.75) is 50.5 Å². The molecule has 112 valence electrons. The van der Waals surface area contributed by atoms with Crippen molar-refractivity contribution in [3.63, 3.8) is 0 Å². The number of anilines is 1. The van der Waals surface area contributed by atoms with Gasteiger partial charge in [-0.3, -0.25) is 0 Å². The first-order valence-corrected chi connectivity index (χ1v) is 8.39. The molecule has 0 unspecified atom stereocenters. The lowest BCUT2D eigenvalue weighted by molar-refractivity contribution is 0.333. The van der Waals surface area contributed by atoms with Gasteiger partial charge >= 0.3 is 0 Å². The predicted octanol–water partition coefficient (Wildman–Crippen LogP) is 2.67. The zero-order valence-electron chi connectivity index (χ0n) is 11.9. The van der Waals surface area contributed by atoms with Crippen molar-refractivity contribution in [3.05, 3.63) is 23.5 Å². The van der Waals surface area contributed by atoms with Gasteiger partial charge in [-0.05, 0) is 37.5 Å². The van der Waals surface area contributed by atoms with Crippen molar-refractivity contribution >= 4 is 15.7 Å². The number of benzene rings is 1. The molecule has 2 N–H and O–H groups in total. The quantitative estimate of drug-likeness (QED) is 0.870. The number of nitrogens with zero attached hydrogens (tertiary/aromatic N) is 1. The van der Waals surface area contributed by atoms with E-state index in [1.807, 2.05) is 0 Å². The van der Waals surface area contributed by atoms with E-state index in [1.165, 1.54) is 23.4 Å². The lowest BCUT2D eigenvalue weighted by atomic mass is 10.2. The van der Waals surface area contributed by atoms with E-state index < -0.39 is 15.8 Å². The van der Waals surface area contributed by atoms with Gasteiger partial charge in [0, 0.05) is 18.3 Å². The summed E-state index contributed by atoms with van der Waals surface area (Å²) < 4.78 is 41.0. The van der Waals surface area contributed by atoms with Crippen molar-refractivity contribution in [2.75, 3.05) is 12.3 Å². The third-order valence-electron chi connectivity index (χ3n) is 3.87. The van der Waals surface area contributed by atoms with E-state index in [-0.39, 0.29) is 22.2 Å². The van der Waals surface area contributed by atoms with Crippen LogP contribution in [-0.2, 0) is 10.0 Å². The third-order valence-corrected chi connectivity index (χ3v) is 5.90. The van der Waals surface area contributed by atoms with Gasteiger partial charge in [-0.25, -0.2) is 12.8 Å². The summed E-state index contributed by atoms with van der Waals surface area (Å²) in [6.45, 7) is 3.66. The first-order chi connectivity index (χ1) is 9.37. The maximum atomic E-state index is 14.2. The Hall–Kier alpha value is -1.14. The fourth-order valence-electron chi connectivity index (χ4n) is 2.89. The molecule has 0 bridgehead atoms. The smallest absolute Gasteiger partial charge is 0.246 e. The zero-order valence-corrected chi connectivity index (χ0v) is 12.7. The molecule has 0 saturated heterocycles. The lowest BCUT2D eigenvalue weighted by Gasteiger charge is -2.27. The zero-order chi connectivity index (χ0) is 14.9. The van der Waals surface area contributed by atoms with Gasteiger partial charge in [0.25, 0.3) is 0 Å². The van der Waals surface area contributed by atoms with E-state index in [0.29, 0.717) is 6.54 Å². The van der Waals surface area contributed by atoms with Crippen molar-refractivity contribution in [2.24, 2.45) is 0 Å². The molecular weight excluding hydrogens is 279 g/mol. The normalized spacial score (nSPS) is 17.0. The van der Waals surface area contributed by atoms with Gasteiger partial charge in [-0.1, -0.05) is 19.8 Å². The monoisotopic (exact) mass is 300 g/mol. The van der Waals surface area contributed by atoms with E-state index in [0.717, 1.165) is 25.7 Å². The molecule has 1 aliphatic rings. The van der Waals surface area contributed by atoms with E-state index in [2.05, 4.69) is 0 Å². The fraction of sp³-hybridized carbons (Fsp3) is 0.571. The summed E-state index contributed by atoms with van der Waals surface area (Å²) in [7, 11) is -3.83. The molecule has 0 aliphatic heterocycles. The highest BCUT2D eigenvalue weighted by Crippen LogP contribution is 2.31. The van der Waals surface area contributed by atoms with Gasteiger partial charge < -0.3 is 5.73 Å². The van der Waals surface area contributed by atoms with Gasteiger partial charge in [0.1, 0.15) is 10.7 Å². The fourth-order valence-corrected chi connectivity index (χ4v) is 4.76. The van der Waals surface area contributed by atoms with Crippen LogP contribution >= 0.6 is 0 Å². The van der Waals surface area contributed by atoms with Crippen molar-refractivity contribution < 1.29 is 12.8 Å². The number of rotatable bonds is 4. The maximum Gasteiger partial charge on any atom is 0.246 e. The van der Waals surface area contributed by atoms with Crippen molar-refractivity contribution in [3.8, 4) is 0 Å². The molecule has 1 aromatic carbocycles. The summed E-state index contributed by atoms with van der Waals surface area (Å²) in [5, 5.41) is 0. The Labute approximate surface area is 119 Å². The number of nitrogen functional groups attached to an aromatic ring is 1. The molecule has 0 amide bonds. The van der Waals surface area contributed by atoms with Crippen LogP contribution in [0.2, 0.25) is 0 Å². The summed E-state index contributed by atoms with van der Waals surface area (Å²) in [6.07, 6.45) is 3.73. The average Bonchev–Trinajstić information content (AvgIpc) is 2.87. The number of nitrogens with two attached hydrogens (primary N) is 1. The Morgan fingerprint density at radius 2 is 1.95 bits per heavy atom. The van der Waals surface area contributed by atoms with Gasteiger partial charge in [0.05, 0.1) is 0 Å². The van der Waals surface area contributed by atoms with Crippen LogP contribution < -0.4 is 5.73 Å². The number of sulfonamides is 1. The topological polar surface area (TPSA) is 63.4 Å². The molecule has 20 heavy (non-hydrogen) atoms. The number of hydrogen-bond donors (Lipinski definition) is 1. The van der Waals surface area contributed by atoms with Crippen LogP contribution in [0.3, 0.4) is 0 Å². The van der Waals surface area contributed by atoms with Crippen LogP contribution in [0.4, 0.5) is 10.1 Å². The first-order valence-electron chi connectivity index (χ1n) is 6.95. The number of hydrogen-bond acceptors (Lipinski definition) is 3. The predicted molar refractivity (Wildman–Crippen MR) is 77.4 cm³/mol. The number of aryl methyl sites for hydroxylation is 1. The van der Waals surface area contributed by atoms with Gasteiger partial charge in [-0.15, -0.1) is 0 Å². The van der Waals surface area contributed by atoms with Crippen LogP contribution in [0.25, 0.3) is 0 Å². The summed E-state index contributed by atoms with van der Waals surface area (Å²) in [5.41, 5.74) is 6.19. The summed E-state index contributed by atoms with van der Waals surface area (Å²) in [5.74, 6) is -0.698. The SMILES string of the molecule is CCN(C1CCCC1)S(=O)(=O)c1cc(N)cc(C)c1F. The van der Waals surface area contributed by atoms with Crippen LogP contribution in [0, 0.1) is 12.7 Å². The van der Waals surface area contributed by atoms with Crippen LogP contribution in [0.15, 0.2) is 17.0 Å². The molecule has 0 aromatic heterocycles. The van der Waals surface area contributed by atoms with Crippen molar-refractivity contribution in [1.29, 1.82) is 0 Å². The second-order valence-electron chi connectivity index (χ2n) is 5.30. The second-order valence-corrected chi connectivity index (χ2v) is 7.16. The summed E-state index contributed by atoms with van der Waals surface area (Å²) in [6, 6.07) is 2.64. The molecule has 0 atom stereocenters. The minimum atomic E-state index is -3.83. The summed E-state index contributed by atoms with van der Waals surface area (Å²) >= 11 is 0. The van der Waals surface area contributed by atoms with Gasteiger partial charge in [-0.2, -0.15) is 4.31 Å². The Balaban J connectivity index is 2.48. The first kappa shape index (κ1) is 15.3. The Kier molecular flexibility index (Phi) is 4.34. The lowest BCUT2D eigenvalue weighted by Crippen LogP contribution is -2.39. The molecule has 1 saturated carbocycles. The van der Waals surface area contributed by atoms with Gasteiger partial charge in [0.2, 0.25) is 10.0 Å². The molecule has 4 nitrogen and oxygen atoms in total. The number of halogens is 1. The van der Waals surface area contributed by atoms with Crippen LogP contribution in [0.5, 0.6) is 0 Å². The minimum absolute atomic E-state index is 0.0221. The Morgan fingerprint density at radius 3 is 2.50 bits per heavy atom. The van der Waals surface area contributed by atoms with E-state index in [9.17, 15) is 12.8 Å². The van der Waals surface area contributed by atoms with Gasteiger partial charge in [0.15, 0.2) is 0 Å². The largest absolute Gasteiger partial charge is 0.399 e. The molecule has 1 aliphatic carbocycles. The van der Waals surface area contributed by atoms with Crippen molar-refractivity contribution in [1.82, 2.24) is 4.31 Å². The average molecular weight is 300 g/mol.